The number of carboxylic acid groups (broad SMARTS) is 1. The molecule has 0 fully saturated rings. The smallest absolute Gasteiger partial charge is 0.330 e. The van der Waals surface area contributed by atoms with Crippen molar-refractivity contribution in [1.29, 1.82) is 0 Å². The Morgan fingerprint density at radius 2 is 1.10 bits per heavy atom. The van der Waals surface area contributed by atoms with Gasteiger partial charge in [0.1, 0.15) is 12.4 Å². The molecule has 1 atom stereocenters. The molecule has 0 aromatic heterocycles. The molecule has 12 heteroatoms. The second kappa shape index (κ2) is 26.5. The van der Waals surface area contributed by atoms with Gasteiger partial charge in [0.15, 0.2) is 0 Å². The molecule has 42 heavy (non-hydrogen) atoms. The first-order valence-electron chi connectivity index (χ1n) is 14.1. The van der Waals surface area contributed by atoms with Gasteiger partial charge in [0.25, 0.3) is 0 Å². The van der Waals surface area contributed by atoms with Crippen LogP contribution in [0.3, 0.4) is 0 Å². The molecule has 0 saturated carbocycles. The number of aliphatic carboxylic acids is 1. The Balaban J connectivity index is 0.00000252. The van der Waals surface area contributed by atoms with Gasteiger partial charge >= 0.3 is 5.97 Å². The van der Waals surface area contributed by atoms with E-state index in [-0.39, 0.29) is 24.2 Å². The Morgan fingerprint density at radius 1 is 0.738 bits per heavy atom. The molecule has 244 valence electrons. The van der Waals surface area contributed by atoms with Crippen LogP contribution in [0.4, 0.5) is 0 Å². The lowest BCUT2D eigenvalue weighted by molar-refractivity contribution is -0.132. The van der Waals surface area contributed by atoms with Crippen molar-refractivity contribution in [3.8, 4) is 5.75 Å². The minimum absolute atomic E-state index is 0.0232. The second-order valence-corrected chi connectivity index (χ2v) is 9.88. The molecule has 0 heterocycles. The molecule has 0 aliphatic carbocycles. The molecule has 0 saturated heterocycles. The van der Waals surface area contributed by atoms with Gasteiger partial charge in [0.05, 0.1) is 92.5 Å². The summed E-state index contributed by atoms with van der Waals surface area (Å²) in [5.41, 5.74) is 1.13. The van der Waals surface area contributed by atoms with E-state index in [1.165, 1.54) is 6.92 Å². The van der Waals surface area contributed by atoms with E-state index in [9.17, 15) is 9.90 Å². The van der Waals surface area contributed by atoms with Gasteiger partial charge in [-0.1, -0.05) is 45.5 Å². The van der Waals surface area contributed by atoms with E-state index in [1.807, 2.05) is 24.3 Å². The van der Waals surface area contributed by atoms with Gasteiger partial charge in [-0.2, -0.15) is 0 Å². The largest absolute Gasteiger partial charge is 0.478 e. The maximum Gasteiger partial charge on any atom is 0.330 e. The standard InChI is InChI=1S/C26H46O10.C4H6O2/c1-26(2,3)23-6-4-5-7-24(23)36-25(28)22-35-21-20-34-19-18-33-17-16-32-15-14-31-13-12-30-11-10-29-9-8-27;1-3(2)4(5)6/h4-7,25,27-28H,8-22H2,1-3H3;1H2,2H3,(H,5,6). The maximum absolute atomic E-state index is 10.1. The zero-order valence-corrected chi connectivity index (χ0v) is 25.7. The fourth-order valence-corrected chi connectivity index (χ4v) is 2.94. The van der Waals surface area contributed by atoms with E-state index >= 15 is 0 Å². The van der Waals surface area contributed by atoms with E-state index in [4.69, 9.17) is 48.1 Å². The van der Waals surface area contributed by atoms with Crippen LogP contribution in [0, 0.1) is 0 Å². The van der Waals surface area contributed by atoms with Crippen LogP contribution in [0.5, 0.6) is 5.75 Å². The molecule has 1 unspecified atom stereocenters. The number of benzene rings is 1. The fourth-order valence-electron chi connectivity index (χ4n) is 2.94. The Bertz CT molecular complexity index is 785. The third kappa shape index (κ3) is 24.5. The Labute approximate surface area is 250 Å². The lowest BCUT2D eigenvalue weighted by Crippen LogP contribution is -2.25. The maximum atomic E-state index is 10.1. The number of rotatable bonds is 25. The molecule has 12 nitrogen and oxygen atoms in total. The van der Waals surface area contributed by atoms with E-state index in [0.717, 1.165) is 5.56 Å². The van der Waals surface area contributed by atoms with Crippen LogP contribution in [-0.4, -0.2) is 127 Å². The number of aliphatic hydroxyl groups is 2. The number of para-hydroxylation sites is 1. The normalized spacial score (nSPS) is 12.0. The Hall–Kier alpha value is -2.13. The van der Waals surface area contributed by atoms with Gasteiger partial charge in [-0.25, -0.2) is 4.79 Å². The minimum atomic E-state index is -1.04. The average Bonchev–Trinajstić information content (AvgIpc) is 2.94. The van der Waals surface area contributed by atoms with Crippen LogP contribution in [0.25, 0.3) is 0 Å². The summed E-state index contributed by atoms with van der Waals surface area (Å²) in [5, 5.41) is 26.6. The lowest BCUT2D eigenvalue weighted by atomic mass is 9.86. The zero-order valence-electron chi connectivity index (χ0n) is 25.7. The van der Waals surface area contributed by atoms with Crippen molar-refractivity contribution in [1.82, 2.24) is 0 Å². The molecule has 3 N–H and O–H groups in total. The van der Waals surface area contributed by atoms with Gasteiger partial charge in [-0.3, -0.25) is 0 Å². The van der Waals surface area contributed by atoms with Gasteiger partial charge in [-0.15, -0.1) is 0 Å². The molecule has 0 aliphatic heterocycles. The fraction of sp³-hybridized carbons (Fsp3) is 0.700. The topological polar surface area (TPSA) is 152 Å². The third-order valence-corrected chi connectivity index (χ3v) is 5.05. The number of carbonyl (C=O) groups is 1. The molecular formula is C30H52O12. The van der Waals surface area contributed by atoms with E-state index < -0.39 is 12.3 Å². The first-order valence-corrected chi connectivity index (χ1v) is 14.1. The molecule has 1 aromatic rings. The van der Waals surface area contributed by atoms with Crippen LogP contribution < -0.4 is 4.74 Å². The van der Waals surface area contributed by atoms with Crippen LogP contribution in [-0.2, 0) is 43.4 Å². The highest BCUT2D eigenvalue weighted by Gasteiger charge is 2.20. The Morgan fingerprint density at radius 3 is 1.45 bits per heavy atom. The van der Waals surface area contributed by atoms with Gasteiger partial charge in [0.2, 0.25) is 6.29 Å². The molecule has 0 amide bonds. The summed E-state index contributed by atoms with van der Waals surface area (Å²) >= 11 is 0. The number of hydrogen-bond donors (Lipinski definition) is 3. The van der Waals surface area contributed by atoms with E-state index in [2.05, 4.69) is 27.4 Å². The minimum Gasteiger partial charge on any atom is -0.478 e. The summed E-state index contributed by atoms with van der Waals surface area (Å²) in [7, 11) is 0. The SMILES string of the molecule is C=C(C)C(=O)O.CC(C)(C)c1ccccc1OC(O)COCCOCCOCCOCCOCCOCCOCCO. The third-order valence-electron chi connectivity index (χ3n) is 5.05. The van der Waals surface area contributed by atoms with Crippen LogP contribution in [0.15, 0.2) is 36.4 Å². The van der Waals surface area contributed by atoms with Crippen molar-refractivity contribution in [2.24, 2.45) is 0 Å². The highest BCUT2D eigenvalue weighted by molar-refractivity contribution is 5.84. The van der Waals surface area contributed by atoms with Crippen molar-refractivity contribution in [2.75, 3.05) is 99.1 Å². The number of hydrogen-bond acceptors (Lipinski definition) is 11. The second-order valence-electron chi connectivity index (χ2n) is 9.88. The molecule has 0 radical (unpaired) electrons. The zero-order chi connectivity index (χ0) is 31.5. The number of carboxylic acids is 1. The summed E-state index contributed by atoms with van der Waals surface area (Å²) in [5.74, 6) is -0.274. The van der Waals surface area contributed by atoms with E-state index in [0.29, 0.717) is 91.6 Å². The quantitative estimate of drug-likeness (QED) is 0.0854. The van der Waals surface area contributed by atoms with Gasteiger partial charge < -0.3 is 53.2 Å². The summed E-state index contributed by atoms with van der Waals surface area (Å²) in [6, 6.07) is 7.69. The van der Waals surface area contributed by atoms with Crippen molar-refractivity contribution < 1.29 is 58.0 Å². The molecule has 0 aliphatic rings. The van der Waals surface area contributed by atoms with Gasteiger partial charge in [0, 0.05) is 5.57 Å². The monoisotopic (exact) mass is 604 g/mol. The molecule has 1 rings (SSSR count). The number of ether oxygens (including phenoxy) is 8. The van der Waals surface area contributed by atoms with E-state index in [1.54, 1.807) is 0 Å². The molecular weight excluding hydrogens is 552 g/mol. The lowest BCUT2D eigenvalue weighted by Gasteiger charge is -2.24. The summed E-state index contributed by atoms with van der Waals surface area (Å²) in [6.07, 6.45) is -1.04. The molecule has 0 spiro atoms. The first-order chi connectivity index (χ1) is 20.1. The molecule has 1 aromatic carbocycles. The summed E-state index contributed by atoms with van der Waals surface area (Å²) < 4.78 is 43.2. The average molecular weight is 605 g/mol. The summed E-state index contributed by atoms with van der Waals surface area (Å²) in [6.45, 7) is 16.9. The van der Waals surface area contributed by atoms with Crippen LogP contribution in [0.1, 0.15) is 33.3 Å². The van der Waals surface area contributed by atoms with Crippen molar-refractivity contribution in [3.63, 3.8) is 0 Å². The van der Waals surface area contributed by atoms with Gasteiger partial charge in [-0.05, 0) is 24.0 Å². The first kappa shape index (κ1) is 39.9. The highest BCUT2D eigenvalue weighted by atomic mass is 16.6. The predicted molar refractivity (Wildman–Crippen MR) is 157 cm³/mol. The number of aliphatic hydroxyl groups excluding tert-OH is 2. The predicted octanol–water partition coefficient (Wildman–Crippen LogP) is 2.44. The highest BCUT2D eigenvalue weighted by Crippen LogP contribution is 2.31. The summed E-state index contributed by atoms with van der Waals surface area (Å²) in [4.78, 5) is 9.60. The van der Waals surface area contributed by atoms with Crippen LogP contribution in [0.2, 0.25) is 0 Å². The van der Waals surface area contributed by atoms with Crippen molar-refractivity contribution >= 4 is 5.97 Å². The van der Waals surface area contributed by atoms with Crippen LogP contribution >= 0.6 is 0 Å². The van der Waals surface area contributed by atoms with Crippen molar-refractivity contribution in [3.05, 3.63) is 42.0 Å². The molecule has 0 bridgehead atoms. The Kier molecular flexibility index (Phi) is 25.2. The van der Waals surface area contributed by atoms with Crippen molar-refractivity contribution in [2.45, 2.75) is 39.4 Å².